The zero-order valence-corrected chi connectivity index (χ0v) is 11.9. The van der Waals surface area contributed by atoms with Gasteiger partial charge in [0, 0.05) is 44.3 Å². The normalized spacial score (nSPS) is 15.7. The van der Waals surface area contributed by atoms with Gasteiger partial charge in [0.25, 0.3) is 0 Å². The minimum absolute atomic E-state index is 0.185. The smallest absolute Gasteiger partial charge is 0.185 e. The van der Waals surface area contributed by atoms with Crippen LogP contribution in [0.3, 0.4) is 0 Å². The molecule has 1 aromatic heterocycles. The molecule has 4 nitrogen and oxygen atoms in total. The molecule has 0 aliphatic carbocycles. The van der Waals surface area contributed by atoms with E-state index >= 15 is 0 Å². The fraction of sp³-hybridized carbons (Fsp3) is 0.357. The van der Waals surface area contributed by atoms with Crippen LogP contribution in [0.2, 0.25) is 0 Å². The van der Waals surface area contributed by atoms with Gasteiger partial charge < -0.3 is 15.5 Å². The van der Waals surface area contributed by atoms with Crippen LogP contribution in [-0.2, 0) is 6.54 Å². The molecule has 1 aromatic carbocycles. The van der Waals surface area contributed by atoms with E-state index in [1.54, 1.807) is 11.3 Å². The van der Waals surface area contributed by atoms with Gasteiger partial charge in [-0.05, 0) is 17.7 Å². The lowest BCUT2D eigenvalue weighted by Gasteiger charge is -2.36. The fourth-order valence-corrected chi connectivity index (χ4v) is 3.14. The highest BCUT2D eigenvalue weighted by atomic mass is 32.1. The van der Waals surface area contributed by atoms with E-state index in [2.05, 4.69) is 14.8 Å². The van der Waals surface area contributed by atoms with Crippen LogP contribution in [0.5, 0.6) is 0 Å². The van der Waals surface area contributed by atoms with Gasteiger partial charge in [-0.15, -0.1) is 11.3 Å². The Kier molecular flexibility index (Phi) is 3.84. The van der Waals surface area contributed by atoms with Gasteiger partial charge in [-0.2, -0.15) is 0 Å². The summed E-state index contributed by atoms with van der Waals surface area (Å²) in [6.45, 7) is 3.71. The quantitative estimate of drug-likeness (QED) is 0.940. The molecule has 1 aliphatic rings. The molecule has 0 saturated carbocycles. The van der Waals surface area contributed by atoms with Crippen molar-refractivity contribution >= 4 is 22.2 Å². The van der Waals surface area contributed by atoms with Crippen LogP contribution in [0.25, 0.3) is 0 Å². The first kappa shape index (κ1) is 13.3. The molecule has 0 spiro atoms. The largest absolute Gasteiger partial charge is 0.366 e. The van der Waals surface area contributed by atoms with E-state index in [0.717, 1.165) is 36.9 Å². The van der Waals surface area contributed by atoms with E-state index in [1.165, 1.54) is 6.07 Å². The average Bonchev–Trinajstić information content (AvgIpc) is 3.01. The van der Waals surface area contributed by atoms with Crippen LogP contribution in [0.4, 0.5) is 15.2 Å². The zero-order valence-electron chi connectivity index (χ0n) is 11.1. The van der Waals surface area contributed by atoms with E-state index in [1.807, 2.05) is 23.7 Å². The highest BCUT2D eigenvalue weighted by molar-refractivity contribution is 7.13. The Hall–Kier alpha value is -1.66. The number of nitrogens with two attached hydrogens (primary N) is 1. The molecule has 2 aromatic rings. The number of hydrogen-bond donors (Lipinski definition) is 1. The van der Waals surface area contributed by atoms with E-state index in [-0.39, 0.29) is 5.82 Å². The highest BCUT2D eigenvalue weighted by Gasteiger charge is 2.20. The topological polar surface area (TPSA) is 45.4 Å². The first-order valence-electron chi connectivity index (χ1n) is 6.66. The molecule has 0 unspecified atom stereocenters. The molecule has 20 heavy (non-hydrogen) atoms. The Morgan fingerprint density at radius 1 is 1.20 bits per heavy atom. The fourth-order valence-electron chi connectivity index (χ4n) is 2.44. The lowest BCUT2D eigenvalue weighted by Crippen LogP contribution is -2.46. The Bertz CT molecular complexity index is 565. The number of anilines is 2. The molecule has 2 heterocycles. The maximum atomic E-state index is 14.1. The second-order valence-electron chi connectivity index (χ2n) is 4.78. The van der Waals surface area contributed by atoms with E-state index in [4.69, 9.17) is 5.73 Å². The predicted molar refractivity (Wildman–Crippen MR) is 80.8 cm³/mol. The number of piperazine rings is 1. The third kappa shape index (κ3) is 2.62. The zero-order chi connectivity index (χ0) is 13.9. The van der Waals surface area contributed by atoms with Crippen LogP contribution in [0, 0.1) is 5.82 Å². The molecule has 2 N–H and O–H groups in total. The van der Waals surface area contributed by atoms with E-state index in [9.17, 15) is 4.39 Å². The van der Waals surface area contributed by atoms with Gasteiger partial charge in [0.1, 0.15) is 5.82 Å². The number of rotatable bonds is 3. The maximum Gasteiger partial charge on any atom is 0.185 e. The molecule has 3 rings (SSSR count). The van der Waals surface area contributed by atoms with Gasteiger partial charge in [-0.25, -0.2) is 9.37 Å². The molecule has 0 radical (unpaired) electrons. The summed E-state index contributed by atoms with van der Waals surface area (Å²) in [5.74, 6) is -0.185. The monoisotopic (exact) mass is 292 g/mol. The number of nitrogens with zero attached hydrogens (tertiary/aromatic N) is 3. The summed E-state index contributed by atoms with van der Waals surface area (Å²) >= 11 is 1.64. The van der Waals surface area contributed by atoms with Gasteiger partial charge >= 0.3 is 0 Å². The summed E-state index contributed by atoms with van der Waals surface area (Å²) in [7, 11) is 0. The molecule has 106 valence electrons. The number of thiazole rings is 1. The van der Waals surface area contributed by atoms with Gasteiger partial charge in [0.2, 0.25) is 0 Å². The summed E-state index contributed by atoms with van der Waals surface area (Å²) in [6.07, 6.45) is 1.82. The van der Waals surface area contributed by atoms with Crippen molar-refractivity contribution in [2.24, 2.45) is 5.73 Å². The molecular formula is C14H17FN4S. The van der Waals surface area contributed by atoms with Crippen LogP contribution in [0.15, 0.2) is 29.8 Å². The Morgan fingerprint density at radius 2 is 1.95 bits per heavy atom. The Balaban J connectivity index is 1.69. The second-order valence-corrected chi connectivity index (χ2v) is 5.65. The maximum absolute atomic E-state index is 14.1. The molecule has 1 aliphatic heterocycles. The molecule has 0 bridgehead atoms. The predicted octanol–water partition coefficient (Wildman–Crippen LogP) is 2.07. The van der Waals surface area contributed by atoms with Crippen LogP contribution < -0.4 is 15.5 Å². The van der Waals surface area contributed by atoms with E-state index < -0.39 is 0 Å². The number of hydrogen-bond acceptors (Lipinski definition) is 5. The van der Waals surface area contributed by atoms with Crippen LogP contribution in [-0.4, -0.2) is 31.2 Å². The third-order valence-corrected chi connectivity index (χ3v) is 4.39. The molecule has 6 heteroatoms. The number of aromatic nitrogens is 1. The molecular weight excluding hydrogens is 275 g/mol. The van der Waals surface area contributed by atoms with Gasteiger partial charge in [0.15, 0.2) is 5.13 Å². The average molecular weight is 292 g/mol. The first-order valence-corrected chi connectivity index (χ1v) is 7.54. The van der Waals surface area contributed by atoms with Crippen LogP contribution in [0.1, 0.15) is 5.56 Å². The Labute approximate surface area is 121 Å². The standard InChI is InChI=1S/C14H17FN4S/c15-12-9-11(10-16)1-2-13(12)18-4-6-19(7-5-18)14-17-3-8-20-14/h1-3,8-9H,4-7,10,16H2. The van der Waals surface area contributed by atoms with Crippen molar-refractivity contribution in [3.8, 4) is 0 Å². The van der Waals surface area contributed by atoms with Crippen molar-refractivity contribution in [1.82, 2.24) is 4.98 Å². The highest BCUT2D eigenvalue weighted by Crippen LogP contribution is 2.24. The van der Waals surface area contributed by atoms with Crippen molar-refractivity contribution < 1.29 is 4.39 Å². The van der Waals surface area contributed by atoms with Crippen molar-refractivity contribution in [3.63, 3.8) is 0 Å². The summed E-state index contributed by atoms with van der Waals surface area (Å²) in [5.41, 5.74) is 7.02. The minimum atomic E-state index is -0.185. The summed E-state index contributed by atoms with van der Waals surface area (Å²) in [5, 5.41) is 3.02. The minimum Gasteiger partial charge on any atom is -0.366 e. The Morgan fingerprint density at radius 3 is 2.55 bits per heavy atom. The van der Waals surface area contributed by atoms with E-state index in [0.29, 0.717) is 12.2 Å². The molecule has 1 saturated heterocycles. The summed E-state index contributed by atoms with van der Waals surface area (Å²) in [4.78, 5) is 8.64. The number of benzene rings is 1. The second kappa shape index (κ2) is 5.76. The van der Waals surface area contributed by atoms with Crippen molar-refractivity contribution in [3.05, 3.63) is 41.2 Å². The third-order valence-electron chi connectivity index (χ3n) is 3.56. The molecule has 1 fully saturated rings. The SMILES string of the molecule is NCc1ccc(N2CCN(c3nccs3)CC2)c(F)c1. The van der Waals surface area contributed by atoms with Gasteiger partial charge in [-0.1, -0.05) is 6.07 Å². The number of halogens is 1. The first-order chi connectivity index (χ1) is 9.78. The van der Waals surface area contributed by atoms with Crippen molar-refractivity contribution in [2.75, 3.05) is 36.0 Å². The lowest BCUT2D eigenvalue weighted by atomic mass is 10.1. The van der Waals surface area contributed by atoms with Crippen molar-refractivity contribution in [1.29, 1.82) is 0 Å². The van der Waals surface area contributed by atoms with Gasteiger partial charge in [0.05, 0.1) is 5.69 Å². The summed E-state index contributed by atoms with van der Waals surface area (Å²) in [6, 6.07) is 5.25. The lowest BCUT2D eigenvalue weighted by molar-refractivity contribution is 0.596. The summed E-state index contributed by atoms with van der Waals surface area (Å²) < 4.78 is 14.1. The van der Waals surface area contributed by atoms with Gasteiger partial charge in [-0.3, -0.25) is 0 Å². The molecule has 0 atom stereocenters. The van der Waals surface area contributed by atoms with Crippen molar-refractivity contribution in [2.45, 2.75) is 6.54 Å². The molecule has 0 amide bonds. The van der Waals surface area contributed by atoms with Crippen LogP contribution >= 0.6 is 11.3 Å².